The maximum Gasteiger partial charge on any atom is 0.279 e. The first-order valence-electron chi connectivity index (χ1n) is 8.73. The molecular formula is C21H28ClN2O+. The Kier molecular flexibility index (Phi) is 6.63. The van der Waals surface area contributed by atoms with Crippen molar-refractivity contribution in [2.45, 2.75) is 40.2 Å². The van der Waals surface area contributed by atoms with Crippen LogP contribution in [0.25, 0.3) is 0 Å². The highest BCUT2D eigenvalue weighted by atomic mass is 35.5. The van der Waals surface area contributed by atoms with Crippen molar-refractivity contribution in [2.24, 2.45) is 0 Å². The van der Waals surface area contributed by atoms with Gasteiger partial charge in [-0.3, -0.25) is 4.79 Å². The zero-order chi connectivity index (χ0) is 18.6. The second kappa shape index (κ2) is 8.50. The highest BCUT2D eigenvalue weighted by molar-refractivity contribution is 6.34. The number of halogens is 1. The summed E-state index contributed by atoms with van der Waals surface area (Å²) in [4.78, 5) is 13.5. The standard InChI is InChI=1S/C21H27ClN2O/c1-14(2)18-8-6-17(7-9-18)12-24(5)13-20(25)23-21-16(4)10-15(3)11-19(21)22/h6-11,14H,12-13H2,1-5H3,(H,23,25)/p+1. The molecule has 2 N–H and O–H groups in total. The Balaban J connectivity index is 1.94. The molecule has 0 radical (unpaired) electrons. The number of anilines is 1. The zero-order valence-corrected chi connectivity index (χ0v) is 16.5. The Bertz CT molecular complexity index is 715. The van der Waals surface area contributed by atoms with E-state index < -0.39 is 0 Å². The van der Waals surface area contributed by atoms with Crippen LogP contribution in [-0.4, -0.2) is 19.5 Å². The molecule has 1 atom stereocenters. The maximum atomic E-state index is 12.4. The topological polar surface area (TPSA) is 33.5 Å². The van der Waals surface area contributed by atoms with Crippen molar-refractivity contribution in [3.63, 3.8) is 0 Å². The van der Waals surface area contributed by atoms with Crippen LogP contribution in [0.1, 0.15) is 42.0 Å². The van der Waals surface area contributed by atoms with Gasteiger partial charge in [-0.05, 0) is 42.5 Å². The number of carbonyl (C=O) groups is 1. The first-order valence-corrected chi connectivity index (χ1v) is 9.10. The van der Waals surface area contributed by atoms with Crippen molar-refractivity contribution < 1.29 is 9.69 Å². The van der Waals surface area contributed by atoms with Gasteiger partial charge in [-0.25, -0.2) is 0 Å². The number of nitrogens with one attached hydrogen (secondary N) is 2. The summed E-state index contributed by atoms with van der Waals surface area (Å²) in [7, 11) is 2.03. The minimum absolute atomic E-state index is 0.0230. The maximum absolute atomic E-state index is 12.4. The van der Waals surface area contributed by atoms with Crippen LogP contribution in [0.5, 0.6) is 0 Å². The van der Waals surface area contributed by atoms with Crippen molar-refractivity contribution in [1.82, 2.24) is 0 Å². The quantitative estimate of drug-likeness (QED) is 0.809. The third-order valence-corrected chi connectivity index (χ3v) is 4.61. The first-order chi connectivity index (χ1) is 11.8. The van der Waals surface area contributed by atoms with E-state index in [-0.39, 0.29) is 5.91 Å². The van der Waals surface area contributed by atoms with Gasteiger partial charge in [-0.1, -0.05) is 55.8 Å². The number of rotatable bonds is 6. The van der Waals surface area contributed by atoms with Crippen LogP contribution in [0.3, 0.4) is 0 Å². The van der Waals surface area contributed by atoms with Gasteiger partial charge in [0.1, 0.15) is 6.54 Å². The Morgan fingerprint density at radius 3 is 2.36 bits per heavy atom. The summed E-state index contributed by atoms with van der Waals surface area (Å²) in [6.45, 7) is 9.54. The summed E-state index contributed by atoms with van der Waals surface area (Å²) in [5.74, 6) is 0.512. The molecule has 2 aromatic rings. The normalized spacial score (nSPS) is 12.3. The average molecular weight is 360 g/mol. The molecule has 4 heteroatoms. The lowest BCUT2D eigenvalue weighted by molar-refractivity contribution is -0.885. The van der Waals surface area contributed by atoms with Gasteiger partial charge in [0.2, 0.25) is 0 Å². The van der Waals surface area contributed by atoms with E-state index in [1.165, 1.54) is 11.1 Å². The predicted octanol–water partition coefficient (Wildman–Crippen LogP) is 3.73. The lowest BCUT2D eigenvalue weighted by Crippen LogP contribution is -3.08. The van der Waals surface area contributed by atoms with E-state index in [4.69, 9.17) is 11.6 Å². The molecule has 25 heavy (non-hydrogen) atoms. The minimum atomic E-state index is -0.0230. The van der Waals surface area contributed by atoms with E-state index in [9.17, 15) is 4.79 Å². The summed E-state index contributed by atoms with van der Waals surface area (Å²) >= 11 is 6.26. The van der Waals surface area contributed by atoms with Crippen LogP contribution in [0.15, 0.2) is 36.4 Å². The van der Waals surface area contributed by atoms with Crippen LogP contribution in [-0.2, 0) is 11.3 Å². The van der Waals surface area contributed by atoms with Crippen molar-refractivity contribution in [2.75, 3.05) is 18.9 Å². The molecule has 0 fully saturated rings. The van der Waals surface area contributed by atoms with Gasteiger partial charge in [0.15, 0.2) is 6.54 Å². The minimum Gasteiger partial charge on any atom is -0.326 e. The molecule has 3 nitrogen and oxygen atoms in total. The van der Waals surface area contributed by atoms with Gasteiger partial charge in [0.25, 0.3) is 5.91 Å². The number of carbonyl (C=O) groups excluding carboxylic acids is 1. The Labute approximate surface area is 156 Å². The summed E-state index contributed by atoms with van der Waals surface area (Å²) in [5, 5.41) is 3.55. The molecule has 134 valence electrons. The second-order valence-corrected chi connectivity index (χ2v) is 7.60. The molecule has 2 aromatic carbocycles. The van der Waals surface area contributed by atoms with Crippen LogP contribution < -0.4 is 10.2 Å². The molecule has 0 aliphatic rings. The monoisotopic (exact) mass is 359 g/mol. The molecule has 0 aliphatic carbocycles. The van der Waals surface area contributed by atoms with Crippen molar-refractivity contribution in [3.05, 3.63) is 63.7 Å². The smallest absolute Gasteiger partial charge is 0.279 e. The SMILES string of the molecule is Cc1cc(C)c(NC(=O)C[NH+](C)Cc2ccc(C(C)C)cc2)c(Cl)c1. The van der Waals surface area contributed by atoms with E-state index in [1.807, 2.05) is 33.0 Å². The third-order valence-electron chi connectivity index (χ3n) is 4.31. The fraction of sp³-hybridized carbons (Fsp3) is 0.381. The molecule has 0 spiro atoms. The predicted molar refractivity (Wildman–Crippen MR) is 106 cm³/mol. The molecule has 0 saturated heterocycles. The molecule has 0 bridgehead atoms. The Morgan fingerprint density at radius 1 is 1.16 bits per heavy atom. The van der Waals surface area contributed by atoms with Crippen LogP contribution in [0.4, 0.5) is 5.69 Å². The molecule has 1 unspecified atom stereocenters. The molecule has 0 aromatic heterocycles. The van der Waals surface area contributed by atoms with Crippen molar-refractivity contribution in [3.8, 4) is 0 Å². The van der Waals surface area contributed by atoms with Gasteiger partial charge in [0.05, 0.1) is 17.8 Å². The summed E-state index contributed by atoms with van der Waals surface area (Å²) in [6, 6.07) is 12.5. The average Bonchev–Trinajstić information content (AvgIpc) is 2.51. The summed E-state index contributed by atoms with van der Waals surface area (Å²) < 4.78 is 0. The summed E-state index contributed by atoms with van der Waals surface area (Å²) in [6.07, 6.45) is 0. The van der Waals surface area contributed by atoms with E-state index >= 15 is 0 Å². The lowest BCUT2D eigenvalue weighted by atomic mass is 10.0. The van der Waals surface area contributed by atoms with E-state index in [2.05, 4.69) is 43.4 Å². The largest absolute Gasteiger partial charge is 0.326 e. The van der Waals surface area contributed by atoms with Gasteiger partial charge in [0, 0.05) is 5.56 Å². The van der Waals surface area contributed by atoms with Gasteiger partial charge < -0.3 is 10.2 Å². The highest BCUT2D eigenvalue weighted by Crippen LogP contribution is 2.27. The number of benzene rings is 2. The van der Waals surface area contributed by atoms with Crippen molar-refractivity contribution >= 4 is 23.2 Å². The third kappa shape index (κ3) is 5.58. The zero-order valence-electron chi connectivity index (χ0n) is 15.7. The second-order valence-electron chi connectivity index (χ2n) is 7.19. The fourth-order valence-corrected chi connectivity index (χ4v) is 3.33. The number of hydrogen-bond donors (Lipinski definition) is 2. The van der Waals surface area contributed by atoms with Gasteiger partial charge >= 0.3 is 0 Å². The molecule has 0 saturated carbocycles. The molecule has 0 heterocycles. The number of aryl methyl sites for hydroxylation is 2. The van der Waals surface area contributed by atoms with E-state index in [0.29, 0.717) is 23.2 Å². The van der Waals surface area contributed by atoms with Gasteiger partial charge in [-0.2, -0.15) is 0 Å². The number of hydrogen-bond acceptors (Lipinski definition) is 1. The van der Waals surface area contributed by atoms with E-state index in [1.54, 1.807) is 0 Å². The van der Waals surface area contributed by atoms with Crippen LogP contribution in [0, 0.1) is 13.8 Å². The van der Waals surface area contributed by atoms with Crippen LogP contribution in [0.2, 0.25) is 5.02 Å². The summed E-state index contributed by atoms with van der Waals surface area (Å²) in [5.41, 5.74) is 5.36. The fourth-order valence-electron chi connectivity index (χ4n) is 2.96. The molecule has 0 aliphatic heterocycles. The molecular weight excluding hydrogens is 332 g/mol. The van der Waals surface area contributed by atoms with Crippen LogP contribution >= 0.6 is 11.6 Å². The molecule has 2 rings (SSSR count). The number of quaternary nitrogens is 1. The number of likely N-dealkylation sites (N-methyl/N-ethyl adjacent to an activating group) is 1. The van der Waals surface area contributed by atoms with Crippen molar-refractivity contribution in [1.29, 1.82) is 0 Å². The lowest BCUT2D eigenvalue weighted by Gasteiger charge is -2.16. The Hall–Kier alpha value is -1.84. The van der Waals surface area contributed by atoms with E-state index in [0.717, 1.165) is 22.6 Å². The Morgan fingerprint density at radius 2 is 1.80 bits per heavy atom. The first kappa shape index (κ1) is 19.5. The number of amides is 1. The highest BCUT2D eigenvalue weighted by Gasteiger charge is 2.14. The molecule has 1 amide bonds. The van der Waals surface area contributed by atoms with Gasteiger partial charge in [-0.15, -0.1) is 0 Å².